The van der Waals surface area contributed by atoms with E-state index in [-0.39, 0.29) is 0 Å². The van der Waals surface area contributed by atoms with Crippen LogP contribution < -0.4 is 5.32 Å². The summed E-state index contributed by atoms with van der Waals surface area (Å²) in [5.74, 6) is 0. The Labute approximate surface area is 102 Å². The maximum atomic E-state index is 11.4. The fraction of sp³-hybridized carbons (Fsp3) is 0.500. The van der Waals surface area contributed by atoms with Gasteiger partial charge in [-0.25, -0.2) is 4.79 Å². The number of hydrogen-bond acceptors (Lipinski definition) is 3. The molecule has 3 nitrogen and oxygen atoms in total. The Hall–Kier alpha value is -0.550. The molecule has 1 aromatic heterocycles. The van der Waals surface area contributed by atoms with Gasteiger partial charge >= 0.3 is 6.09 Å². The van der Waals surface area contributed by atoms with Crippen LogP contribution in [0.2, 0.25) is 0 Å². The van der Waals surface area contributed by atoms with Crippen LogP contribution in [0.25, 0.3) is 0 Å². The van der Waals surface area contributed by atoms with Crippen molar-refractivity contribution in [2.24, 2.45) is 0 Å². The van der Waals surface area contributed by atoms with E-state index in [1.807, 2.05) is 33.1 Å². The molecule has 0 aliphatic heterocycles. The van der Waals surface area contributed by atoms with E-state index in [2.05, 4.69) is 21.2 Å². The Bertz CT molecular complexity index is 368. The molecule has 0 spiro atoms. The zero-order valence-electron chi connectivity index (χ0n) is 9.18. The third kappa shape index (κ3) is 3.83. The molecule has 5 heteroatoms. The number of carbonyl (C=O) groups is 1. The van der Waals surface area contributed by atoms with Crippen molar-refractivity contribution in [3.8, 4) is 0 Å². The molecule has 1 amide bonds. The van der Waals surface area contributed by atoms with Gasteiger partial charge in [0.05, 0.1) is 4.47 Å². The lowest BCUT2D eigenvalue weighted by molar-refractivity contribution is 0.0636. The van der Waals surface area contributed by atoms with Gasteiger partial charge in [0.15, 0.2) is 0 Å². The lowest BCUT2D eigenvalue weighted by atomic mass is 10.2. The van der Waals surface area contributed by atoms with E-state index in [4.69, 9.17) is 4.74 Å². The number of carbonyl (C=O) groups excluding carboxylic acids is 1. The summed E-state index contributed by atoms with van der Waals surface area (Å²) in [6, 6.07) is 0. The maximum Gasteiger partial charge on any atom is 0.412 e. The molecule has 0 saturated heterocycles. The summed E-state index contributed by atoms with van der Waals surface area (Å²) in [6.07, 6.45) is -0.426. The van der Waals surface area contributed by atoms with E-state index in [0.29, 0.717) is 0 Å². The summed E-state index contributed by atoms with van der Waals surface area (Å²) in [4.78, 5) is 11.4. The third-order valence-corrected chi connectivity index (χ3v) is 3.81. The fourth-order valence-corrected chi connectivity index (χ4v) is 2.38. The van der Waals surface area contributed by atoms with Crippen molar-refractivity contribution in [3.05, 3.63) is 15.4 Å². The summed E-state index contributed by atoms with van der Waals surface area (Å²) in [5.41, 5.74) is 0.633. The molecule has 1 N–H and O–H groups in total. The number of anilines is 1. The molecule has 1 rings (SSSR count). The Kier molecular flexibility index (Phi) is 3.78. The summed E-state index contributed by atoms with van der Waals surface area (Å²) in [6.45, 7) is 7.48. The van der Waals surface area contributed by atoms with Gasteiger partial charge in [0.25, 0.3) is 0 Å². The average Bonchev–Trinajstić information content (AvgIpc) is 2.32. The first kappa shape index (κ1) is 12.5. The molecule has 0 atom stereocenters. The highest BCUT2D eigenvalue weighted by Gasteiger charge is 2.17. The number of halogens is 1. The number of thiophene rings is 1. The third-order valence-electron chi connectivity index (χ3n) is 1.51. The van der Waals surface area contributed by atoms with E-state index in [9.17, 15) is 4.79 Å². The molecular weight excluding hydrogens is 278 g/mol. The Morgan fingerprint density at radius 1 is 1.53 bits per heavy atom. The van der Waals surface area contributed by atoms with Crippen LogP contribution in [0.1, 0.15) is 26.3 Å². The minimum Gasteiger partial charge on any atom is -0.444 e. The molecule has 0 aliphatic rings. The highest BCUT2D eigenvalue weighted by molar-refractivity contribution is 9.10. The zero-order valence-corrected chi connectivity index (χ0v) is 11.6. The van der Waals surface area contributed by atoms with Gasteiger partial charge in [-0.1, -0.05) is 0 Å². The number of ether oxygens (including phenoxy) is 1. The number of amides is 1. The molecule has 0 fully saturated rings. The van der Waals surface area contributed by atoms with E-state index in [0.717, 1.165) is 15.0 Å². The second kappa shape index (κ2) is 4.53. The standard InChI is InChI=1S/C10H14BrNO2S/c1-6-5-15-8(7(6)11)12-9(13)14-10(2,3)4/h5H,1-4H3,(H,12,13). The van der Waals surface area contributed by atoms with Crippen LogP contribution >= 0.6 is 27.3 Å². The van der Waals surface area contributed by atoms with E-state index in [1.54, 1.807) is 0 Å². The van der Waals surface area contributed by atoms with Crippen molar-refractivity contribution in [1.29, 1.82) is 0 Å². The van der Waals surface area contributed by atoms with Crippen molar-refractivity contribution in [1.82, 2.24) is 0 Å². The van der Waals surface area contributed by atoms with Crippen molar-refractivity contribution in [2.75, 3.05) is 5.32 Å². The van der Waals surface area contributed by atoms with Crippen LogP contribution in [0.3, 0.4) is 0 Å². The van der Waals surface area contributed by atoms with Crippen LogP contribution in [0, 0.1) is 6.92 Å². The molecule has 0 unspecified atom stereocenters. The molecule has 15 heavy (non-hydrogen) atoms. The first-order valence-electron chi connectivity index (χ1n) is 4.53. The second-order valence-corrected chi connectivity index (χ2v) is 5.86. The van der Waals surface area contributed by atoms with Crippen molar-refractivity contribution in [2.45, 2.75) is 33.3 Å². The molecule has 1 aromatic rings. The molecule has 0 aliphatic carbocycles. The molecule has 0 aromatic carbocycles. The summed E-state index contributed by atoms with van der Waals surface area (Å²) in [5, 5.41) is 5.45. The van der Waals surface area contributed by atoms with E-state index in [1.165, 1.54) is 11.3 Å². The zero-order chi connectivity index (χ0) is 11.6. The number of rotatable bonds is 1. The predicted octanol–water partition coefficient (Wildman–Crippen LogP) is 4.17. The molecular formula is C10H14BrNO2S. The number of aryl methyl sites for hydroxylation is 1. The SMILES string of the molecule is Cc1csc(NC(=O)OC(C)(C)C)c1Br. The quantitative estimate of drug-likeness (QED) is 0.843. The van der Waals surface area contributed by atoms with Gasteiger partial charge in [-0.2, -0.15) is 0 Å². The van der Waals surface area contributed by atoms with Gasteiger partial charge in [-0.15, -0.1) is 11.3 Å². The molecule has 84 valence electrons. The highest BCUT2D eigenvalue weighted by Crippen LogP contribution is 2.32. The first-order valence-corrected chi connectivity index (χ1v) is 6.20. The fourth-order valence-electron chi connectivity index (χ4n) is 0.911. The minimum absolute atomic E-state index is 0.426. The largest absolute Gasteiger partial charge is 0.444 e. The monoisotopic (exact) mass is 291 g/mol. The van der Waals surface area contributed by atoms with Gasteiger partial charge in [0.2, 0.25) is 0 Å². The smallest absolute Gasteiger partial charge is 0.412 e. The maximum absolute atomic E-state index is 11.4. The molecule has 0 radical (unpaired) electrons. The Morgan fingerprint density at radius 3 is 2.53 bits per heavy atom. The van der Waals surface area contributed by atoms with Crippen LogP contribution in [0.5, 0.6) is 0 Å². The summed E-state index contributed by atoms with van der Waals surface area (Å²) >= 11 is 4.87. The summed E-state index contributed by atoms with van der Waals surface area (Å²) < 4.78 is 6.06. The Balaban J connectivity index is 2.63. The average molecular weight is 292 g/mol. The van der Waals surface area contributed by atoms with Crippen molar-refractivity contribution in [3.63, 3.8) is 0 Å². The van der Waals surface area contributed by atoms with Crippen molar-refractivity contribution < 1.29 is 9.53 Å². The normalized spacial score (nSPS) is 11.3. The van der Waals surface area contributed by atoms with Crippen LogP contribution in [-0.2, 0) is 4.74 Å². The van der Waals surface area contributed by atoms with Crippen LogP contribution in [-0.4, -0.2) is 11.7 Å². The van der Waals surface area contributed by atoms with Gasteiger partial charge in [0.1, 0.15) is 10.6 Å². The van der Waals surface area contributed by atoms with Gasteiger partial charge < -0.3 is 4.74 Å². The topological polar surface area (TPSA) is 38.3 Å². The number of hydrogen-bond donors (Lipinski definition) is 1. The van der Waals surface area contributed by atoms with Crippen LogP contribution in [0.4, 0.5) is 9.80 Å². The Morgan fingerprint density at radius 2 is 2.13 bits per heavy atom. The molecule has 0 bridgehead atoms. The highest BCUT2D eigenvalue weighted by atomic mass is 79.9. The molecule has 0 saturated carbocycles. The summed E-state index contributed by atoms with van der Waals surface area (Å²) in [7, 11) is 0. The van der Waals surface area contributed by atoms with Gasteiger partial charge in [0, 0.05) is 0 Å². The van der Waals surface area contributed by atoms with Crippen molar-refractivity contribution >= 4 is 38.4 Å². The lowest BCUT2D eigenvalue weighted by Crippen LogP contribution is -2.27. The molecule has 1 heterocycles. The number of nitrogens with one attached hydrogen (secondary N) is 1. The lowest BCUT2D eigenvalue weighted by Gasteiger charge is -2.19. The predicted molar refractivity (Wildman–Crippen MR) is 66.6 cm³/mol. The van der Waals surface area contributed by atoms with E-state index < -0.39 is 11.7 Å². The minimum atomic E-state index is -0.469. The van der Waals surface area contributed by atoms with Gasteiger partial charge in [-0.05, 0) is 54.6 Å². The second-order valence-electron chi connectivity index (χ2n) is 4.19. The van der Waals surface area contributed by atoms with Crippen LogP contribution in [0.15, 0.2) is 9.85 Å². The first-order chi connectivity index (χ1) is 6.79. The van der Waals surface area contributed by atoms with Gasteiger partial charge in [-0.3, -0.25) is 5.32 Å². The van der Waals surface area contributed by atoms with E-state index >= 15 is 0 Å².